The maximum atomic E-state index is 11.7. The van der Waals surface area contributed by atoms with Crippen molar-refractivity contribution in [1.82, 2.24) is 4.90 Å². The van der Waals surface area contributed by atoms with Crippen LogP contribution in [0, 0.1) is 0 Å². The molecule has 1 heterocycles. The largest absolute Gasteiger partial charge is 0.345 e. The van der Waals surface area contributed by atoms with E-state index in [1.165, 1.54) is 0 Å². The van der Waals surface area contributed by atoms with E-state index in [2.05, 4.69) is 0 Å². The van der Waals surface area contributed by atoms with Crippen LogP contribution in [0.3, 0.4) is 0 Å². The summed E-state index contributed by atoms with van der Waals surface area (Å²) in [5.41, 5.74) is 0. The van der Waals surface area contributed by atoms with Gasteiger partial charge in [0.15, 0.2) is 11.1 Å². The van der Waals surface area contributed by atoms with Crippen molar-refractivity contribution >= 4 is 29.1 Å². The first-order chi connectivity index (χ1) is 7.95. The first-order valence-electron chi connectivity index (χ1n) is 5.83. The van der Waals surface area contributed by atoms with Crippen LogP contribution in [-0.4, -0.2) is 47.2 Å². The predicted molar refractivity (Wildman–Crippen MR) is 67.2 cm³/mol. The van der Waals surface area contributed by atoms with E-state index in [1.807, 2.05) is 20.8 Å². The molecule has 6 heteroatoms. The van der Waals surface area contributed by atoms with Gasteiger partial charge in [-0.05, 0) is 20.3 Å². The van der Waals surface area contributed by atoms with Crippen LogP contribution in [0.25, 0.3) is 0 Å². The maximum Gasteiger partial charge on any atom is 0.256 e. The standard InChI is InChI=1S/C11H19Cl2NO3/c1-4-5-14(11(15)10(12)13)6-9-16-7(2)8(3)17-9/h7-10H,4-6H2,1-3H3. The number of amides is 1. The van der Waals surface area contributed by atoms with E-state index >= 15 is 0 Å². The fourth-order valence-corrected chi connectivity index (χ4v) is 1.97. The van der Waals surface area contributed by atoms with Crippen molar-refractivity contribution in [2.75, 3.05) is 13.1 Å². The minimum Gasteiger partial charge on any atom is -0.345 e. The lowest BCUT2D eigenvalue weighted by atomic mass is 10.3. The second-order valence-corrected chi connectivity index (χ2v) is 5.29. The predicted octanol–water partition coefficient (Wildman–Crippen LogP) is 2.18. The molecule has 100 valence electrons. The van der Waals surface area contributed by atoms with Gasteiger partial charge in [-0.25, -0.2) is 0 Å². The van der Waals surface area contributed by atoms with Gasteiger partial charge in [-0.1, -0.05) is 30.1 Å². The van der Waals surface area contributed by atoms with Crippen LogP contribution in [0.4, 0.5) is 0 Å². The number of hydrogen-bond donors (Lipinski definition) is 0. The molecule has 4 nitrogen and oxygen atoms in total. The highest BCUT2D eigenvalue weighted by Crippen LogP contribution is 2.20. The minimum absolute atomic E-state index is 0.0429. The summed E-state index contributed by atoms with van der Waals surface area (Å²) in [5.74, 6) is -0.297. The first kappa shape index (κ1) is 15.0. The Labute approximate surface area is 112 Å². The van der Waals surface area contributed by atoms with Crippen molar-refractivity contribution in [3.05, 3.63) is 0 Å². The molecule has 0 bridgehead atoms. The van der Waals surface area contributed by atoms with Crippen LogP contribution in [-0.2, 0) is 14.3 Å². The summed E-state index contributed by atoms with van der Waals surface area (Å²) in [6.45, 7) is 6.85. The second kappa shape index (κ2) is 6.78. The number of nitrogens with zero attached hydrogens (tertiary/aromatic N) is 1. The molecule has 1 aliphatic heterocycles. The molecule has 0 saturated carbocycles. The average Bonchev–Trinajstić information content (AvgIpc) is 2.56. The smallest absolute Gasteiger partial charge is 0.256 e. The van der Waals surface area contributed by atoms with Gasteiger partial charge in [0.05, 0.1) is 18.8 Å². The molecule has 0 spiro atoms. The Kier molecular flexibility index (Phi) is 6.00. The summed E-state index contributed by atoms with van der Waals surface area (Å²) in [4.78, 5) is 12.3. The highest BCUT2D eigenvalue weighted by molar-refractivity contribution is 6.53. The molecule has 1 fully saturated rings. The Morgan fingerprint density at radius 2 is 1.82 bits per heavy atom. The fraction of sp³-hybridized carbons (Fsp3) is 0.909. The van der Waals surface area contributed by atoms with Crippen molar-refractivity contribution < 1.29 is 14.3 Å². The molecule has 0 aromatic carbocycles. The number of alkyl halides is 2. The van der Waals surface area contributed by atoms with E-state index in [9.17, 15) is 4.79 Å². The van der Waals surface area contributed by atoms with Crippen molar-refractivity contribution in [2.24, 2.45) is 0 Å². The van der Waals surface area contributed by atoms with Crippen LogP contribution in [0.1, 0.15) is 27.2 Å². The third-order valence-electron chi connectivity index (χ3n) is 2.76. The summed E-state index contributed by atoms with van der Waals surface area (Å²) in [7, 11) is 0. The summed E-state index contributed by atoms with van der Waals surface area (Å²) >= 11 is 11.2. The summed E-state index contributed by atoms with van der Waals surface area (Å²) in [6, 6.07) is 0. The highest BCUT2D eigenvalue weighted by Gasteiger charge is 2.32. The molecule has 0 N–H and O–H groups in total. The van der Waals surface area contributed by atoms with Gasteiger partial charge in [0.25, 0.3) is 5.91 Å². The topological polar surface area (TPSA) is 38.8 Å². The molecule has 0 aromatic rings. The number of carbonyl (C=O) groups is 1. The molecule has 0 aromatic heterocycles. The summed E-state index contributed by atoms with van der Waals surface area (Å²) < 4.78 is 11.2. The van der Waals surface area contributed by atoms with Gasteiger partial charge in [0.2, 0.25) is 0 Å². The Morgan fingerprint density at radius 1 is 1.29 bits per heavy atom. The van der Waals surface area contributed by atoms with Gasteiger partial charge in [-0.15, -0.1) is 0 Å². The van der Waals surface area contributed by atoms with Gasteiger partial charge in [0.1, 0.15) is 0 Å². The van der Waals surface area contributed by atoms with E-state index in [-0.39, 0.29) is 24.4 Å². The van der Waals surface area contributed by atoms with Gasteiger partial charge in [-0.2, -0.15) is 0 Å². The fourth-order valence-electron chi connectivity index (χ4n) is 1.70. The molecule has 0 aliphatic carbocycles. The number of halogens is 2. The van der Waals surface area contributed by atoms with Gasteiger partial charge in [0, 0.05) is 6.54 Å². The van der Waals surface area contributed by atoms with E-state index < -0.39 is 4.84 Å². The molecule has 0 radical (unpaired) electrons. The summed E-state index contributed by atoms with van der Waals surface area (Å²) in [6.07, 6.45) is 0.537. The zero-order valence-electron chi connectivity index (χ0n) is 10.4. The zero-order chi connectivity index (χ0) is 13.0. The molecule has 1 rings (SSSR count). The van der Waals surface area contributed by atoms with Crippen molar-refractivity contribution in [1.29, 1.82) is 0 Å². The normalized spacial score (nSPS) is 28.7. The zero-order valence-corrected chi connectivity index (χ0v) is 11.9. The van der Waals surface area contributed by atoms with Crippen LogP contribution in [0.15, 0.2) is 0 Å². The highest BCUT2D eigenvalue weighted by atomic mass is 35.5. The molecule has 1 saturated heterocycles. The van der Waals surface area contributed by atoms with Gasteiger partial charge >= 0.3 is 0 Å². The van der Waals surface area contributed by atoms with Crippen molar-refractivity contribution in [3.63, 3.8) is 0 Å². The third-order valence-corrected chi connectivity index (χ3v) is 3.13. The van der Waals surface area contributed by atoms with Gasteiger partial charge in [-0.3, -0.25) is 4.79 Å². The van der Waals surface area contributed by atoms with E-state index in [1.54, 1.807) is 4.90 Å². The molecule has 1 amide bonds. The lowest BCUT2D eigenvalue weighted by Gasteiger charge is -2.25. The molecule has 2 atom stereocenters. The molecule has 1 aliphatic rings. The van der Waals surface area contributed by atoms with Gasteiger partial charge < -0.3 is 14.4 Å². The van der Waals surface area contributed by atoms with Crippen LogP contribution in [0.5, 0.6) is 0 Å². The van der Waals surface area contributed by atoms with Crippen molar-refractivity contribution in [3.8, 4) is 0 Å². The van der Waals surface area contributed by atoms with Crippen molar-refractivity contribution in [2.45, 2.75) is 50.5 Å². The minimum atomic E-state index is -1.03. The van der Waals surface area contributed by atoms with E-state index in [4.69, 9.17) is 32.7 Å². The molecular weight excluding hydrogens is 265 g/mol. The van der Waals surface area contributed by atoms with E-state index in [0.717, 1.165) is 6.42 Å². The van der Waals surface area contributed by atoms with Crippen LogP contribution < -0.4 is 0 Å². The third kappa shape index (κ3) is 4.28. The second-order valence-electron chi connectivity index (χ2n) is 4.20. The monoisotopic (exact) mass is 283 g/mol. The quantitative estimate of drug-likeness (QED) is 0.726. The lowest BCUT2D eigenvalue weighted by molar-refractivity contribution is -0.137. The lowest BCUT2D eigenvalue weighted by Crippen LogP contribution is -2.41. The Balaban J connectivity index is 2.52. The van der Waals surface area contributed by atoms with E-state index in [0.29, 0.717) is 13.1 Å². The number of ether oxygens (including phenoxy) is 2. The summed E-state index contributed by atoms with van der Waals surface area (Å²) in [5, 5.41) is 0. The Bertz CT molecular complexity index is 253. The number of rotatable bonds is 5. The molecule has 2 unspecified atom stereocenters. The molecule has 17 heavy (non-hydrogen) atoms. The number of hydrogen-bond acceptors (Lipinski definition) is 3. The average molecular weight is 284 g/mol. The Hall–Kier alpha value is -0.0300. The maximum absolute atomic E-state index is 11.7. The SMILES string of the molecule is CCCN(CC1OC(C)C(C)O1)C(=O)C(Cl)Cl. The number of carbonyl (C=O) groups excluding carboxylic acids is 1. The van der Waals surface area contributed by atoms with Crippen LogP contribution >= 0.6 is 23.2 Å². The first-order valence-corrected chi connectivity index (χ1v) is 6.70. The van der Waals surface area contributed by atoms with Crippen LogP contribution in [0.2, 0.25) is 0 Å². The Morgan fingerprint density at radius 3 is 2.24 bits per heavy atom. The molecular formula is C11H19Cl2NO3.